The minimum Gasteiger partial charge on any atom is -0.366 e. The minimum atomic E-state index is -0.506. The standard InChI is InChI=1S/C18H18F2N4/c19-16-6-2-7-17(20)15(16)12-24-9-3-5-14(11-24)23-18-8-1-4-13(10-21)22-18/h1-2,4,6-8,14H,3,5,9,11-12H2,(H,22,23). The number of aromatic nitrogens is 1. The van der Waals surface area contributed by atoms with E-state index in [9.17, 15) is 8.78 Å². The van der Waals surface area contributed by atoms with E-state index in [1.165, 1.54) is 18.2 Å². The molecule has 2 heterocycles. The van der Waals surface area contributed by atoms with Crippen molar-refractivity contribution in [3.63, 3.8) is 0 Å². The van der Waals surface area contributed by atoms with Crippen molar-refractivity contribution >= 4 is 5.82 Å². The summed E-state index contributed by atoms with van der Waals surface area (Å²) >= 11 is 0. The Morgan fingerprint density at radius 1 is 1.21 bits per heavy atom. The molecule has 24 heavy (non-hydrogen) atoms. The molecule has 0 aliphatic carbocycles. The smallest absolute Gasteiger partial charge is 0.142 e. The molecule has 1 aliphatic rings. The Morgan fingerprint density at radius 2 is 1.96 bits per heavy atom. The van der Waals surface area contributed by atoms with Crippen LogP contribution in [0.3, 0.4) is 0 Å². The Hall–Kier alpha value is -2.52. The average Bonchev–Trinajstić information content (AvgIpc) is 2.59. The topological polar surface area (TPSA) is 52.0 Å². The Balaban J connectivity index is 1.65. The molecule has 3 rings (SSSR count). The van der Waals surface area contributed by atoms with Crippen molar-refractivity contribution in [1.29, 1.82) is 5.26 Å². The van der Waals surface area contributed by atoms with Gasteiger partial charge in [0.15, 0.2) is 0 Å². The maximum Gasteiger partial charge on any atom is 0.142 e. The summed E-state index contributed by atoms with van der Waals surface area (Å²) in [6, 6.07) is 11.3. The van der Waals surface area contributed by atoms with Gasteiger partial charge in [-0.15, -0.1) is 0 Å². The lowest BCUT2D eigenvalue weighted by molar-refractivity contribution is 0.203. The molecule has 6 heteroatoms. The van der Waals surface area contributed by atoms with Gasteiger partial charge in [-0.25, -0.2) is 13.8 Å². The summed E-state index contributed by atoms with van der Waals surface area (Å²) in [5.74, 6) is -0.361. The zero-order valence-electron chi connectivity index (χ0n) is 13.2. The van der Waals surface area contributed by atoms with Gasteiger partial charge in [-0.2, -0.15) is 5.26 Å². The van der Waals surface area contributed by atoms with Gasteiger partial charge in [-0.3, -0.25) is 4.90 Å². The van der Waals surface area contributed by atoms with E-state index in [1.54, 1.807) is 12.1 Å². The largest absolute Gasteiger partial charge is 0.366 e. The molecule has 124 valence electrons. The number of pyridine rings is 1. The molecule has 1 aromatic heterocycles. The molecule has 0 radical (unpaired) electrons. The number of halogens is 2. The highest BCUT2D eigenvalue weighted by molar-refractivity contribution is 5.39. The highest BCUT2D eigenvalue weighted by Crippen LogP contribution is 2.20. The zero-order chi connectivity index (χ0) is 16.9. The fourth-order valence-corrected chi connectivity index (χ4v) is 3.01. The molecule has 1 atom stereocenters. The zero-order valence-corrected chi connectivity index (χ0v) is 13.2. The number of nitrogens with zero attached hydrogens (tertiary/aromatic N) is 3. The maximum atomic E-state index is 13.8. The molecule has 1 fully saturated rings. The molecular formula is C18H18F2N4. The number of nitriles is 1. The predicted molar refractivity (Wildman–Crippen MR) is 87.2 cm³/mol. The van der Waals surface area contributed by atoms with Crippen LogP contribution in [0.4, 0.5) is 14.6 Å². The van der Waals surface area contributed by atoms with Crippen molar-refractivity contribution in [2.75, 3.05) is 18.4 Å². The third-order valence-corrected chi connectivity index (χ3v) is 4.16. The Bertz CT molecular complexity index is 737. The van der Waals surface area contributed by atoms with E-state index in [0.717, 1.165) is 19.4 Å². The molecule has 0 saturated carbocycles. The Kier molecular flexibility index (Phi) is 5.02. The van der Waals surface area contributed by atoms with E-state index < -0.39 is 11.6 Å². The first-order valence-electron chi connectivity index (χ1n) is 7.94. The van der Waals surface area contributed by atoms with Gasteiger partial charge in [0.05, 0.1) is 0 Å². The number of likely N-dealkylation sites (tertiary alicyclic amines) is 1. The molecule has 0 spiro atoms. The van der Waals surface area contributed by atoms with E-state index in [1.807, 2.05) is 17.0 Å². The lowest BCUT2D eigenvalue weighted by Gasteiger charge is -2.33. The van der Waals surface area contributed by atoms with Crippen molar-refractivity contribution in [2.45, 2.75) is 25.4 Å². The van der Waals surface area contributed by atoms with Crippen molar-refractivity contribution in [3.8, 4) is 6.07 Å². The van der Waals surface area contributed by atoms with Gasteiger partial charge >= 0.3 is 0 Å². The number of anilines is 1. The first-order chi connectivity index (χ1) is 11.7. The van der Waals surface area contributed by atoms with Crippen molar-refractivity contribution in [1.82, 2.24) is 9.88 Å². The summed E-state index contributed by atoms with van der Waals surface area (Å²) in [4.78, 5) is 6.25. The predicted octanol–water partition coefficient (Wildman–Crippen LogP) is 3.31. The van der Waals surface area contributed by atoms with Crippen LogP contribution in [0.5, 0.6) is 0 Å². The van der Waals surface area contributed by atoms with Crippen LogP contribution in [0.15, 0.2) is 36.4 Å². The second-order valence-electron chi connectivity index (χ2n) is 5.94. The van der Waals surface area contributed by atoms with Crippen LogP contribution < -0.4 is 5.32 Å². The molecule has 0 bridgehead atoms. The van der Waals surface area contributed by atoms with E-state index in [0.29, 0.717) is 18.1 Å². The molecule has 0 amide bonds. The maximum absolute atomic E-state index is 13.8. The molecule has 1 aromatic carbocycles. The first kappa shape index (κ1) is 16.3. The number of nitrogens with one attached hydrogen (secondary N) is 1. The van der Waals surface area contributed by atoms with Crippen LogP contribution in [0.25, 0.3) is 0 Å². The average molecular weight is 328 g/mol. The summed E-state index contributed by atoms with van der Waals surface area (Å²) < 4.78 is 27.6. The summed E-state index contributed by atoms with van der Waals surface area (Å²) in [7, 11) is 0. The second kappa shape index (κ2) is 7.37. The van der Waals surface area contributed by atoms with Crippen LogP contribution in [0, 0.1) is 23.0 Å². The minimum absolute atomic E-state index is 0.114. The summed E-state index contributed by atoms with van der Waals surface area (Å²) in [6.45, 7) is 1.73. The summed E-state index contributed by atoms with van der Waals surface area (Å²) in [5, 5.41) is 12.2. The first-order valence-corrected chi connectivity index (χ1v) is 7.94. The number of hydrogen-bond donors (Lipinski definition) is 1. The second-order valence-corrected chi connectivity index (χ2v) is 5.94. The van der Waals surface area contributed by atoms with Gasteiger partial charge in [0.2, 0.25) is 0 Å². The van der Waals surface area contributed by atoms with Crippen molar-refractivity contribution in [2.24, 2.45) is 0 Å². The quantitative estimate of drug-likeness (QED) is 0.935. The highest BCUT2D eigenvalue weighted by Gasteiger charge is 2.22. The SMILES string of the molecule is N#Cc1cccc(NC2CCCN(Cc3c(F)cccc3F)C2)n1. The van der Waals surface area contributed by atoms with E-state index >= 15 is 0 Å². The molecule has 1 unspecified atom stereocenters. The monoisotopic (exact) mass is 328 g/mol. The van der Waals surface area contributed by atoms with Gasteiger partial charge in [-0.05, 0) is 43.7 Å². The molecule has 4 nitrogen and oxygen atoms in total. The van der Waals surface area contributed by atoms with Crippen LogP contribution in [0.1, 0.15) is 24.1 Å². The summed E-state index contributed by atoms with van der Waals surface area (Å²) in [6.07, 6.45) is 1.89. The normalized spacial score (nSPS) is 18.1. The number of hydrogen-bond acceptors (Lipinski definition) is 4. The van der Waals surface area contributed by atoms with Crippen LogP contribution in [0.2, 0.25) is 0 Å². The van der Waals surface area contributed by atoms with Gasteiger partial charge in [-0.1, -0.05) is 12.1 Å². The van der Waals surface area contributed by atoms with Crippen molar-refractivity contribution < 1.29 is 8.78 Å². The Morgan fingerprint density at radius 3 is 2.71 bits per heavy atom. The van der Waals surface area contributed by atoms with Gasteiger partial charge in [0.25, 0.3) is 0 Å². The number of benzene rings is 1. The van der Waals surface area contributed by atoms with E-state index in [-0.39, 0.29) is 18.2 Å². The lowest BCUT2D eigenvalue weighted by atomic mass is 10.0. The highest BCUT2D eigenvalue weighted by atomic mass is 19.1. The Labute approximate surface area is 139 Å². The van der Waals surface area contributed by atoms with E-state index in [2.05, 4.69) is 10.3 Å². The van der Waals surface area contributed by atoms with Crippen molar-refractivity contribution in [3.05, 3.63) is 59.3 Å². The fourth-order valence-electron chi connectivity index (χ4n) is 3.01. The lowest BCUT2D eigenvalue weighted by Crippen LogP contribution is -2.42. The van der Waals surface area contributed by atoms with E-state index in [4.69, 9.17) is 5.26 Å². The van der Waals surface area contributed by atoms with Crippen LogP contribution in [-0.2, 0) is 6.54 Å². The molecule has 1 aliphatic heterocycles. The van der Waals surface area contributed by atoms with Gasteiger partial charge < -0.3 is 5.32 Å². The van der Waals surface area contributed by atoms with Crippen LogP contribution >= 0.6 is 0 Å². The number of rotatable bonds is 4. The fraction of sp³-hybridized carbons (Fsp3) is 0.333. The molecule has 1 N–H and O–H groups in total. The third-order valence-electron chi connectivity index (χ3n) is 4.16. The molecular weight excluding hydrogens is 310 g/mol. The van der Waals surface area contributed by atoms with Gasteiger partial charge in [0, 0.05) is 24.7 Å². The molecule has 1 saturated heterocycles. The van der Waals surface area contributed by atoms with Crippen LogP contribution in [-0.4, -0.2) is 29.0 Å². The molecule has 2 aromatic rings. The number of piperidine rings is 1. The summed E-state index contributed by atoms with van der Waals surface area (Å²) in [5.41, 5.74) is 0.476. The third kappa shape index (κ3) is 3.87. The van der Waals surface area contributed by atoms with Gasteiger partial charge in [0.1, 0.15) is 29.2 Å².